The molecule has 1 aliphatic heterocycles. The van der Waals surface area contributed by atoms with Gasteiger partial charge in [-0.1, -0.05) is 37.3 Å². The van der Waals surface area contributed by atoms with Crippen LogP contribution in [-0.4, -0.2) is 31.7 Å². The maximum Gasteiger partial charge on any atom is 0.251 e. The van der Waals surface area contributed by atoms with E-state index in [4.69, 9.17) is 0 Å². The van der Waals surface area contributed by atoms with Gasteiger partial charge in [0.05, 0.1) is 4.90 Å². The van der Waals surface area contributed by atoms with Gasteiger partial charge in [-0.05, 0) is 42.2 Å². The van der Waals surface area contributed by atoms with Crippen molar-refractivity contribution in [3.05, 3.63) is 65.2 Å². The van der Waals surface area contributed by atoms with Crippen LogP contribution in [0.2, 0.25) is 0 Å². The molecule has 25 heavy (non-hydrogen) atoms. The number of hydrogen-bond acceptors (Lipinski definition) is 3. The standard InChI is InChI=1S/C19H22N2O3S/c1-2-11-20-19(22)16-8-5-9-18(13-16)25(23,24)21-12-10-15-6-3-4-7-17(15)14-21/h3-9,13H,2,10-12,14H2,1H3,(H,20,22). The molecule has 0 saturated carbocycles. The third-order valence-electron chi connectivity index (χ3n) is 4.37. The predicted molar refractivity (Wildman–Crippen MR) is 96.8 cm³/mol. The van der Waals surface area contributed by atoms with E-state index in [1.165, 1.54) is 15.9 Å². The normalized spacial score (nSPS) is 14.8. The summed E-state index contributed by atoms with van der Waals surface area (Å²) >= 11 is 0. The fourth-order valence-electron chi connectivity index (χ4n) is 2.96. The van der Waals surface area contributed by atoms with E-state index in [0.717, 1.165) is 12.0 Å². The molecule has 0 aromatic heterocycles. The van der Waals surface area contributed by atoms with E-state index >= 15 is 0 Å². The Kier molecular flexibility index (Phi) is 5.20. The first-order chi connectivity index (χ1) is 12.0. The lowest BCUT2D eigenvalue weighted by atomic mass is 10.0. The van der Waals surface area contributed by atoms with Crippen molar-refractivity contribution in [1.29, 1.82) is 0 Å². The van der Waals surface area contributed by atoms with Gasteiger partial charge in [0, 0.05) is 25.2 Å². The number of nitrogens with zero attached hydrogens (tertiary/aromatic N) is 1. The number of nitrogens with one attached hydrogen (secondary N) is 1. The Bertz CT molecular complexity index is 878. The molecule has 0 spiro atoms. The van der Waals surface area contributed by atoms with E-state index in [9.17, 15) is 13.2 Å². The van der Waals surface area contributed by atoms with Crippen molar-refractivity contribution in [2.75, 3.05) is 13.1 Å². The molecule has 0 bridgehead atoms. The van der Waals surface area contributed by atoms with Gasteiger partial charge in [0.2, 0.25) is 10.0 Å². The summed E-state index contributed by atoms with van der Waals surface area (Å²) in [5.74, 6) is -0.247. The van der Waals surface area contributed by atoms with Crippen molar-refractivity contribution in [2.24, 2.45) is 0 Å². The number of sulfonamides is 1. The fraction of sp³-hybridized carbons (Fsp3) is 0.316. The van der Waals surface area contributed by atoms with Crippen LogP contribution in [0.5, 0.6) is 0 Å². The zero-order chi connectivity index (χ0) is 17.9. The molecule has 0 fully saturated rings. The fourth-order valence-corrected chi connectivity index (χ4v) is 4.43. The number of fused-ring (bicyclic) bond motifs is 1. The second kappa shape index (κ2) is 7.37. The predicted octanol–water partition coefficient (Wildman–Crippen LogP) is 2.57. The molecule has 1 amide bonds. The number of carbonyl (C=O) groups is 1. The van der Waals surface area contributed by atoms with E-state index in [1.54, 1.807) is 18.2 Å². The summed E-state index contributed by atoms with van der Waals surface area (Å²) in [6, 6.07) is 14.2. The Hall–Kier alpha value is -2.18. The van der Waals surface area contributed by atoms with Crippen LogP contribution in [0.3, 0.4) is 0 Å². The lowest BCUT2D eigenvalue weighted by Gasteiger charge is -2.28. The van der Waals surface area contributed by atoms with Crippen LogP contribution in [0, 0.1) is 0 Å². The summed E-state index contributed by atoms with van der Waals surface area (Å²) in [4.78, 5) is 12.3. The molecular formula is C19H22N2O3S. The molecule has 3 rings (SSSR count). The molecule has 1 N–H and O–H groups in total. The molecule has 2 aromatic rings. The topological polar surface area (TPSA) is 66.5 Å². The van der Waals surface area contributed by atoms with Crippen LogP contribution >= 0.6 is 0 Å². The minimum Gasteiger partial charge on any atom is -0.352 e. The highest BCUT2D eigenvalue weighted by Gasteiger charge is 2.28. The van der Waals surface area contributed by atoms with Crippen molar-refractivity contribution in [1.82, 2.24) is 9.62 Å². The molecule has 1 heterocycles. The van der Waals surface area contributed by atoms with Gasteiger partial charge < -0.3 is 5.32 Å². The number of amides is 1. The van der Waals surface area contributed by atoms with Gasteiger partial charge in [-0.15, -0.1) is 0 Å². The third-order valence-corrected chi connectivity index (χ3v) is 6.21. The number of hydrogen-bond donors (Lipinski definition) is 1. The molecule has 5 nitrogen and oxygen atoms in total. The monoisotopic (exact) mass is 358 g/mol. The minimum atomic E-state index is -3.63. The molecule has 1 aliphatic rings. The Labute approximate surface area is 148 Å². The van der Waals surface area contributed by atoms with E-state index in [-0.39, 0.29) is 10.8 Å². The van der Waals surface area contributed by atoms with Gasteiger partial charge in [0.15, 0.2) is 0 Å². The summed E-state index contributed by atoms with van der Waals surface area (Å²) < 4.78 is 27.4. The summed E-state index contributed by atoms with van der Waals surface area (Å²) in [5.41, 5.74) is 2.60. The number of rotatable bonds is 5. The van der Waals surface area contributed by atoms with E-state index in [1.807, 2.05) is 31.2 Å². The van der Waals surface area contributed by atoms with Crippen LogP contribution in [0.25, 0.3) is 0 Å². The molecule has 0 saturated heterocycles. The number of benzene rings is 2. The molecule has 6 heteroatoms. The van der Waals surface area contributed by atoms with Crippen molar-refractivity contribution in [3.63, 3.8) is 0 Å². The summed E-state index contributed by atoms with van der Waals surface area (Å²) in [7, 11) is -3.63. The zero-order valence-electron chi connectivity index (χ0n) is 14.2. The molecule has 0 unspecified atom stereocenters. The van der Waals surface area contributed by atoms with E-state index in [0.29, 0.717) is 31.6 Å². The maximum atomic E-state index is 13.0. The largest absolute Gasteiger partial charge is 0.352 e. The molecule has 0 radical (unpaired) electrons. The second-order valence-corrected chi connectivity index (χ2v) is 8.08. The highest BCUT2D eigenvalue weighted by molar-refractivity contribution is 7.89. The Morgan fingerprint density at radius 1 is 1.12 bits per heavy atom. The average molecular weight is 358 g/mol. The van der Waals surface area contributed by atoms with Crippen LogP contribution in [0.1, 0.15) is 34.8 Å². The smallest absolute Gasteiger partial charge is 0.251 e. The Morgan fingerprint density at radius 3 is 2.64 bits per heavy atom. The minimum absolute atomic E-state index is 0.163. The van der Waals surface area contributed by atoms with Crippen molar-refractivity contribution in [2.45, 2.75) is 31.2 Å². The van der Waals surface area contributed by atoms with E-state index < -0.39 is 10.0 Å². The summed E-state index contributed by atoms with van der Waals surface area (Å²) in [5, 5.41) is 2.77. The van der Waals surface area contributed by atoms with Gasteiger partial charge in [-0.2, -0.15) is 4.31 Å². The SMILES string of the molecule is CCCNC(=O)c1cccc(S(=O)(=O)N2CCc3ccccc3C2)c1. The van der Waals surface area contributed by atoms with Gasteiger partial charge in [0.1, 0.15) is 0 Å². The number of carbonyl (C=O) groups excluding carboxylic acids is 1. The van der Waals surface area contributed by atoms with Crippen molar-refractivity contribution >= 4 is 15.9 Å². The van der Waals surface area contributed by atoms with Crippen LogP contribution in [-0.2, 0) is 23.0 Å². The summed E-state index contributed by atoms with van der Waals surface area (Å²) in [6.45, 7) is 3.35. The van der Waals surface area contributed by atoms with Gasteiger partial charge in [-0.25, -0.2) is 8.42 Å². The average Bonchev–Trinajstić information content (AvgIpc) is 2.65. The lowest BCUT2D eigenvalue weighted by Crippen LogP contribution is -2.36. The van der Waals surface area contributed by atoms with Crippen LogP contribution in [0.4, 0.5) is 0 Å². The maximum absolute atomic E-state index is 13.0. The second-order valence-electron chi connectivity index (χ2n) is 6.14. The Morgan fingerprint density at radius 2 is 1.88 bits per heavy atom. The molecule has 0 atom stereocenters. The van der Waals surface area contributed by atoms with Crippen molar-refractivity contribution < 1.29 is 13.2 Å². The molecule has 2 aromatic carbocycles. The first-order valence-corrected chi connectivity index (χ1v) is 9.91. The van der Waals surface area contributed by atoms with Gasteiger partial charge in [-0.3, -0.25) is 4.79 Å². The highest BCUT2D eigenvalue weighted by Crippen LogP contribution is 2.25. The first-order valence-electron chi connectivity index (χ1n) is 8.47. The molecule has 0 aliphatic carbocycles. The quantitative estimate of drug-likeness (QED) is 0.893. The summed E-state index contributed by atoms with van der Waals surface area (Å²) in [6.07, 6.45) is 1.53. The van der Waals surface area contributed by atoms with Crippen LogP contribution < -0.4 is 5.32 Å². The third kappa shape index (κ3) is 3.75. The van der Waals surface area contributed by atoms with Crippen molar-refractivity contribution in [3.8, 4) is 0 Å². The van der Waals surface area contributed by atoms with Crippen LogP contribution in [0.15, 0.2) is 53.4 Å². The molecular weight excluding hydrogens is 336 g/mol. The highest BCUT2D eigenvalue weighted by atomic mass is 32.2. The first kappa shape index (κ1) is 17.6. The van der Waals surface area contributed by atoms with E-state index in [2.05, 4.69) is 5.32 Å². The van der Waals surface area contributed by atoms with Gasteiger partial charge >= 0.3 is 0 Å². The van der Waals surface area contributed by atoms with Gasteiger partial charge in [0.25, 0.3) is 5.91 Å². The molecule has 132 valence electrons. The zero-order valence-corrected chi connectivity index (χ0v) is 15.1. The Balaban J connectivity index is 1.85. The lowest BCUT2D eigenvalue weighted by molar-refractivity contribution is 0.0953.